The van der Waals surface area contributed by atoms with Gasteiger partial charge in [-0.15, -0.1) is 0 Å². The number of hydrogen-bond donors (Lipinski definition) is 2. The summed E-state index contributed by atoms with van der Waals surface area (Å²) in [5, 5.41) is 6.98. The molecule has 0 bridgehead atoms. The smallest absolute Gasteiger partial charge is 0.00768 e. The Bertz CT molecular complexity index is 169. The first-order chi connectivity index (χ1) is 9.77. The van der Waals surface area contributed by atoms with E-state index in [0.717, 1.165) is 25.6 Å². The summed E-state index contributed by atoms with van der Waals surface area (Å²) < 4.78 is 0. The quantitative estimate of drug-likeness (QED) is 0.400. The molecule has 0 aromatic rings. The SMILES string of the molecule is CCCCCCCCCCCCNCCNCC(C)C. The summed E-state index contributed by atoms with van der Waals surface area (Å²) >= 11 is 0. The van der Waals surface area contributed by atoms with Crippen LogP contribution in [0, 0.1) is 5.92 Å². The molecule has 2 heteroatoms. The number of unbranched alkanes of at least 4 members (excludes halogenated alkanes) is 9. The Morgan fingerprint density at radius 3 is 1.65 bits per heavy atom. The minimum atomic E-state index is 0.761. The van der Waals surface area contributed by atoms with Crippen molar-refractivity contribution in [2.24, 2.45) is 5.92 Å². The average molecular weight is 285 g/mol. The van der Waals surface area contributed by atoms with Crippen LogP contribution < -0.4 is 10.6 Å². The number of nitrogens with one attached hydrogen (secondary N) is 2. The predicted molar refractivity (Wildman–Crippen MR) is 92.4 cm³/mol. The molecule has 0 amide bonds. The Labute approximate surface area is 128 Å². The molecule has 0 heterocycles. The fraction of sp³-hybridized carbons (Fsp3) is 1.00. The van der Waals surface area contributed by atoms with Gasteiger partial charge in [-0.05, 0) is 25.4 Å². The van der Waals surface area contributed by atoms with Gasteiger partial charge in [0.25, 0.3) is 0 Å². The maximum absolute atomic E-state index is 3.52. The summed E-state index contributed by atoms with van der Waals surface area (Å²) in [6.07, 6.45) is 14.2. The van der Waals surface area contributed by atoms with Crippen molar-refractivity contribution < 1.29 is 0 Å². The molecule has 0 saturated heterocycles. The highest BCUT2D eigenvalue weighted by atomic mass is 14.9. The zero-order valence-electron chi connectivity index (χ0n) is 14.5. The molecule has 2 nitrogen and oxygen atoms in total. The summed E-state index contributed by atoms with van der Waals surface area (Å²) in [5.41, 5.74) is 0. The van der Waals surface area contributed by atoms with Crippen molar-refractivity contribution >= 4 is 0 Å². The van der Waals surface area contributed by atoms with Gasteiger partial charge in [0.2, 0.25) is 0 Å². The van der Waals surface area contributed by atoms with Crippen LogP contribution in [0.5, 0.6) is 0 Å². The zero-order chi connectivity index (χ0) is 14.9. The van der Waals surface area contributed by atoms with E-state index < -0.39 is 0 Å². The average Bonchev–Trinajstić information content (AvgIpc) is 2.43. The molecule has 0 radical (unpaired) electrons. The third-order valence-electron chi connectivity index (χ3n) is 3.74. The summed E-state index contributed by atoms with van der Waals surface area (Å²) in [5.74, 6) is 0.761. The van der Waals surface area contributed by atoms with Gasteiger partial charge in [0.05, 0.1) is 0 Å². The Balaban J connectivity index is 2.92. The molecule has 0 aromatic heterocycles. The van der Waals surface area contributed by atoms with E-state index in [0.29, 0.717) is 0 Å². The highest BCUT2D eigenvalue weighted by Crippen LogP contribution is 2.10. The summed E-state index contributed by atoms with van der Waals surface area (Å²) in [6, 6.07) is 0. The van der Waals surface area contributed by atoms with Gasteiger partial charge in [0.1, 0.15) is 0 Å². The standard InChI is InChI=1S/C18H40N2/c1-4-5-6-7-8-9-10-11-12-13-14-19-15-16-20-17-18(2)3/h18-20H,4-17H2,1-3H3. The van der Waals surface area contributed by atoms with Crippen LogP contribution in [0.25, 0.3) is 0 Å². The molecule has 0 fully saturated rings. The number of hydrogen-bond acceptors (Lipinski definition) is 2. The van der Waals surface area contributed by atoms with Gasteiger partial charge in [0.15, 0.2) is 0 Å². The van der Waals surface area contributed by atoms with Crippen LogP contribution in [0.1, 0.15) is 85.0 Å². The lowest BCUT2D eigenvalue weighted by atomic mass is 10.1. The molecule has 0 aliphatic heterocycles. The molecule has 0 aromatic carbocycles. The third-order valence-corrected chi connectivity index (χ3v) is 3.74. The van der Waals surface area contributed by atoms with Crippen LogP contribution in [-0.4, -0.2) is 26.2 Å². The monoisotopic (exact) mass is 284 g/mol. The van der Waals surface area contributed by atoms with Crippen LogP contribution in [0.15, 0.2) is 0 Å². The second-order valence-corrected chi connectivity index (χ2v) is 6.53. The van der Waals surface area contributed by atoms with Crippen LogP contribution >= 0.6 is 0 Å². The first kappa shape index (κ1) is 19.9. The minimum Gasteiger partial charge on any atom is -0.315 e. The highest BCUT2D eigenvalue weighted by Gasteiger charge is 1.94. The highest BCUT2D eigenvalue weighted by molar-refractivity contribution is 4.55. The Kier molecular flexibility index (Phi) is 16.9. The van der Waals surface area contributed by atoms with Crippen molar-refractivity contribution in [2.75, 3.05) is 26.2 Å². The van der Waals surface area contributed by atoms with Gasteiger partial charge < -0.3 is 10.6 Å². The Morgan fingerprint density at radius 2 is 1.10 bits per heavy atom. The molecular formula is C18H40N2. The fourth-order valence-corrected chi connectivity index (χ4v) is 2.43. The second kappa shape index (κ2) is 17.0. The number of rotatable bonds is 16. The second-order valence-electron chi connectivity index (χ2n) is 6.53. The van der Waals surface area contributed by atoms with E-state index in [2.05, 4.69) is 31.4 Å². The molecule has 20 heavy (non-hydrogen) atoms. The molecule has 0 spiro atoms. The Hall–Kier alpha value is -0.0800. The van der Waals surface area contributed by atoms with Gasteiger partial charge in [-0.3, -0.25) is 0 Å². The van der Waals surface area contributed by atoms with Gasteiger partial charge in [-0.1, -0.05) is 78.6 Å². The van der Waals surface area contributed by atoms with E-state index >= 15 is 0 Å². The molecule has 122 valence electrons. The van der Waals surface area contributed by atoms with Crippen molar-refractivity contribution in [3.8, 4) is 0 Å². The largest absolute Gasteiger partial charge is 0.315 e. The van der Waals surface area contributed by atoms with Crippen molar-refractivity contribution in [2.45, 2.75) is 85.0 Å². The summed E-state index contributed by atoms with van der Waals surface area (Å²) in [4.78, 5) is 0. The fourth-order valence-electron chi connectivity index (χ4n) is 2.43. The lowest BCUT2D eigenvalue weighted by Gasteiger charge is -2.08. The lowest BCUT2D eigenvalue weighted by Crippen LogP contribution is -2.30. The van der Waals surface area contributed by atoms with Crippen LogP contribution in [0.4, 0.5) is 0 Å². The van der Waals surface area contributed by atoms with Crippen molar-refractivity contribution in [3.05, 3.63) is 0 Å². The van der Waals surface area contributed by atoms with Crippen LogP contribution in [0.3, 0.4) is 0 Å². The van der Waals surface area contributed by atoms with Crippen molar-refractivity contribution in [1.29, 1.82) is 0 Å². The van der Waals surface area contributed by atoms with Gasteiger partial charge in [0, 0.05) is 13.1 Å². The van der Waals surface area contributed by atoms with E-state index in [9.17, 15) is 0 Å². The van der Waals surface area contributed by atoms with E-state index in [4.69, 9.17) is 0 Å². The summed E-state index contributed by atoms with van der Waals surface area (Å²) in [6.45, 7) is 11.3. The molecule has 0 aliphatic rings. The minimum absolute atomic E-state index is 0.761. The van der Waals surface area contributed by atoms with Crippen LogP contribution in [0.2, 0.25) is 0 Å². The van der Waals surface area contributed by atoms with Gasteiger partial charge in [-0.2, -0.15) is 0 Å². The maximum Gasteiger partial charge on any atom is 0.00768 e. The van der Waals surface area contributed by atoms with Gasteiger partial charge in [-0.25, -0.2) is 0 Å². The van der Waals surface area contributed by atoms with E-state index in [1.54, 1.807) is 0 Å². The van der Waals surface area contributed by atoms with E-state index in [1.165, 1.54) is 70.8 Å². The third kappa shape index (κ3) is 17.9. The zero-order valence-corrected chi connectivity index (χ0v) is 14.5. The molecule has 0 unspecified atom stereocenters. The van der Waals surface area contributed by atoms with Crippen molar-refractivity contribution in [1.82, 2.24) is 10.6 Å². The van der Waals surface area contributed by atoms with Crippen LogP contribution in [-0.2, 0) is 0 Å². The van der Waals surface area contributed by atoms with E-state index in [1.807, 2.05) is 0 Å². The first-order valence-corrected chi connectivity index (χ1v) is 9.18. The van der Waals surface area contributed by atoms with Gasteiger partial charge >= 0.3 is 0 Å². The van der Waals surface area contributed by atoms with Crippen molar-refractivity contribution in [3.63, 3.8) is 0 Å². The predicted octanol–water partition coefficient (Wildman–Crippen LogP) is 4.74. The normalized spacial score (nSPS) is 11.4. The first-order valence-electron chi connectivity index (χ1n) is 9.18. The molecule has 2 N–H and O–H groups in total. The molecule has 0 aliphatic carbocycles. The Morgan fingerprint density at radius 1 is 0.600 bits per heavy atom. The molecule has 0 atom stereocenters. The molecular weight excluding hydrogens is 244 g/mol. The topological polar surface area (TPSA) is 24.1 Å². The molecule has 0 saturated carbocycles. The maximum atomic E-state index is 3.52. The van der Waals surface area contributed by atoms with E-state index in [-0.39, 0.29) is 0 Å². The summed E-state index contributed by atoms with van der Waals surface area (Å²) in [7, 11) is 0. The lowest BCUT2D eigenvalue weighted by molar-refractivity contribution is 0.519. The molecule has 0 rings (SSSR count).